The van der Waals surface area contributed by atoms with Crippen molar-refractivity contribution in [2.45, 2.75) is 49.6 Å². The fourth-order valence-electron chi connectivity index (χ4n) is 3.11. The molecule has 2 atom stereocenters. The first-order chi connectivity index (χ1) is 11.6. The fraction of sp³-hybridized carbons (Fsp3) is 0.500. The predicted molar refractivity (Wildman–Crippen MR) is 95.5 cm³/mol. The van der Waals surface area contributed by atoms with Gasteiger partial charge in [-0.2, -0.15) is 12.7 Å². The van der Waals surface area contributed by atoms with Crippen molar-refractivity contribution < 1.29 is 21.0 Å². The third-order valence-electron chi connectivity index (χ3n) is 4.25. The first kappa shape index (κ1) is 20.1. The number of nitrogens with zero attached hydrogens (tertiary/aromatic N) is 1. The Labute approximate surface area is 149 Å². The van der Waals surface area contributed by atoms with E-state index in [0.29, 0.717) is 19.3 Å². The molecule has 1 fully saturated rings. The van der Waals surface area contributed by atoms with Crippen LogP contribution >= 0.6 is 0 Å². The summed E-state index contributed by atoms with van der Waals surface area (Å²) in [5.41, 5.74) is 0.953. The smallest absolute Gasteiger partial charge is 0.257 e. The highest BCUT2D eigenvalue weighted by molar-refractivity contribution is 7.89. The summed E-state index contributed by atoms with van der Waals surface area (Å²) in [4.78, 5) is 0.176. The molecule has 1 aliphatic heterocycles. The first-order valence-electron chi connectivity index (χ1n) is 8.03. The van der Waals surface area contributed by atoms with E-state index in [2.05, 4.69) is 6.58 Å². The molecule has 1 heterocycles. The summed E-state index contributed by atoms with van der Waals surface area (Å²) < 4.78 is 54.6. The molecule has 0 unspecified atom stereocenters. The molecule has 0 aliphatic carbocycles. The number of rotatable bonds is 7. The van der Waals surface area contributed by atoms with Crippen molar-refractivity contribution in [3.05, 3.63) is 42.5 Å². The fourth-order valence-corrected chi connectivity index (χ4v) is 5.32. The van der Waals surface area contributed by atoms with Crippen molar-refractivity contribution in [3.8, 4) is 0 Å². The van der Waals surface area contributed by atoms with Gasteiger partial charge in [0.15, 0.2) is 0 Å². The Bertz CT molecular complexity index is 803. The van der Waals surface area contributed by atoms with Gasteiger partial charge < -0.3 is 0 Å². The van der Waals surface area contributed by atoms with Crippen LogP contribution in [0.3, 0.4) is 0 Å². The van der Waals surface area contributed by atoms with E-state index in [0.717, 1.165) is 12.0 Å². The second-order valence-electron chi connectivity index (χ2n) is 6.19. The van der Waals surface area contributed by atoms with Gasteiger partial charge in [-0.15, -0.1) is 6.58 Å². The highest BCUT2D eigenvalue weighted by atomic mass is 32.2. The zero-order chi connectivity index (χ0) is 18.7. The maximum absolute atomic E-state index is 13.2. The van der Waals surface area contributed by atoms with Gasteiger partial charge in [0.25, 0.3) is 0 Å². The summed E-state index contributed by atoms with van der Waals surface area (Å²) in [6, 6.07) is 5.70. The third kappa shape index (κ3) is 5.11. The van der Waals surface area contributed by atoms with Crippen molar-refractivity contribution >= 4 is 20.3 Å². The second-order valence-corrected chi connectivity index (χ2v) is 9.25. The van der Waals surface area contributed by atoms with Crippen LogP contribution in [0, 0.1) is 6.92 Å². The molecule has 7 nitrogen and oxygen atoms in total. The van der Waals surface area contributed by atoms with Crippen LogP contribution in [0.4, 0.5) is 0 Å². The molecule has 1 aliphatic rings. The van der Waals surface area contributed by atoms with Gasteiger partial charge in [0.05, 0.1) is 17.5 Å². The molecule has 0 radical (unpaired) electrons. The quantitative estimate of drug-likeness (QED) is 0.716. The maximum Gasteiger partial charge on any atom is 0.333 e. The summed E-state index contributed by atoms with van der Waals surface area (Å²) in [7, 11) is -7.93. The molecule has 1 aromatic carbocycles. The predicted octanol–water partition coefficient (Wildman–Crippen LogP) is 1.70. The van der Waals surface area contributed by atoms with E-state index in [-0.39, 0.29) is 17.5 Å². The van der Waals surface area contributed by atoms with E-state index in [1.54, 1.807) is 30.3 Å². The van der Waals surface area contributed by atoms with E-state index in [9.17, 15) is 16.8 Å². The van der Waals surface area contributed by atoms with E-state index in [1.165, 1.54) is 4.31 Å². The molecule has 25 heavy (non-hydrogen) atoms. The Morgan fingerprint density at radius 2 is 1.80 bits per heavy atom. The Morgan fingerprint density at radius 3 is 2.36 bits per heavy atom. The molecule has 1 aromatic rings. The lowest BCUT2D eigenvalue weighted by atomic mass is 9.97. The van der Waals surface area contributed by atoms with E-state index in [4.69, 9.17) is 9.32 Å². The first-order valence-corrected chi connectivity index (χ1v) is 10.9. The zero-order valence-electron chi connectivity index (χ0n) is 14.2. The SMILES string of the molecule is C=CC[C@H]1CCC[C@@H](COS(N)(=O)=O)N1S(=O)(=O)c1ccc(C)cc1. The molecule has 0 amide bonds. The minimum absolute atomic E-state index is 0.176. The number of aryl methyl sites for hydroxylation is 1. The van der Waals surface area contributed by atoms with E-state index < -0.39 is 26.4 Å². The summed E-state index contributed by atoms with van der Waals surface area (Å²) in [5.74, 6) is 0. The van der Waals surface area contributed by atoms with Crippen molar-refractivity contribution in [2.24, 2.45) is 5.14 Å². The Balaban J connectivity index is 2.39. The number of piperidine rings is 1. The Hall–Kier alpha value is -1.26. The highest BCUT2D eigenvalue weighted by Gasteiger charge is 2.39. The average molecular weight is 389 g/mol. The standard InChI is InChI=1S/C16H24N2O5S2/c1-3-5-14-6-4-7-15(12-23-25(17,21)22)18(14)24(19,20)16-10-8-13(2)9-11-16/h3,8-11,14-15H,1,4-7,12H2,2H3,(H2,17,21,22)/t14-,15-/m0/s1. The monoisotopic (exact) mass is 388 g/mol. The van der Waals surface area contributed by atoms with Crippen LogP contribution in [0.25, 0.3) is 0 Å². The highest BCUT2D eigenvalue weighted by Crippen LogP contribution is 2.32. The normalized spacial score (nSPS) is 22.6. The van der Waals surface area contributed by atoms with Crippen LogP contribution in [0.1, 0.15) is 31.2 Å². The topological polar surface area (TPSA) is 107 Å². The number of hydrogen-bond donors (Lipinski definition) is 1. The molecule has 1 saturated heterocycles. The number of nitrogens with two attached hydrogens (primary N) is 1. The van der Waals surface area contributed by atoms with Gasteiger partial charge in [-0.05, 0) is 38.3 Å². The largest absolute Gasteiger partial charge is 0.333 e. The van der Waals surface area contributed by atoms with Crippen LogP contribution in [0.15, 0.2) is 41.8 Å². The summed E-state index contributed by atoms with van der Waals surface area (Å²) in [5, 5.41) is 4.89. The number of benzene rings is 1. The zero-order valence-corrected chi connectivity index (χ0v) is 15.8. The van der Waals surface area contributed by atoms with Gasteiger partial charge in [-0.1, -0.05) is 30.2 Å². The Kier molecular flexibility index (Phi) is 6.39. The lowest BCUT2D eigenvalue weighted by Crippen LogP contribution is -2.52. The molecular formula is C16H24N2O5S2. The van der Waals surface area contributed by atoms with Crippen molar-refractivity contribution in [1.29, 1.82) is 0 Å². The van der Waals surface area contributed by atoms with E-state index in [1.807, 2.05) is 6.92 Å². The molecule has 9 heteroatoms. The molecule has 0 saturated carbocycles. The molecule has 0 spiro atoms. The van der Waals surface area contributed by atoms with Crippen LogP contribution in [-0.2, 0) is 24.5 Å². The summed E-state index contributed by atoms with van der Waals surface area (Å²) >= 11 is 0. The van der Waals surface area contributed by atoms with Gasteiger partial charge in [-0.3, -0.25) is 4.18 Å². The molecule has 2 N–H and O–H groups in total. The number of sulfonamides is 1. The summed E-state index contributed by atoms with van der Waals surface area (Å²) in [6.45, 7) is 5.28. The molecule has 0 aromatic heterocycles. The lowest BCUT2D eigenvalue weighted by Gasteiger charge is -2.40. The molecule has 2 rings (SSSR count). The third-order valence-corrected chi connectivity index (χ3v) is 6.74. The minimum Gasteiger partial charge on any atom is -0.257 e. The average Bonchev–Trinajstić information content (AvgIpc) is 2.53. The summed E-state index contributed by atoms with van der Waals surface area (Å²) in [6.07, 6.45) is 4.12. The number of hydrogen-bond acceptors (Lipinski definition) is 5. The van der Waals surface area contributed by atoms with Gasteiger partial charge in [0.1, 0.15) is 0 Å². The molecule has 140 valence electrons. The Morgan fingerprint density at radius 1 is 1.20 bits per heavy atom. The van der Waals surface area contributed by atoms with E-state index >= 15 is 0 Å². The van der Waals surface area contributed by atoms with Gasteiger partial charge >= 0.3 is 10.3 Å². The molecular weight excluding hydrogens is 364 g/mol. The van der Waals surface area contributed by atoms with Crippen LogP contribution < -0.4 is 5.14 Å². The van der Waals surface area contributed by atoms with Crippen LogP contribution in [-0.4, -0.2) is 39.8 Å². The van der Waals surface area contributed by atoms with Gasteiger partial charge in [0.2, 0.25) is 10.0 Å². The maximum atomic E-state index is 13.2. The van der Waals surface area contributed by atoms with Gasteiger partial charge in [-0.25, -0.2) is 13.6 Å². The van der Waals surface area contributed by atoms with Crippen molar-refractivity contribution in [3.63, 3.8) is 0 Å². The van der Waals surface area contributed by atoms with Crippen molar-refractivity contribution in [2.75, 3.05) is 6.61 Å². The van der Waals surface area contributed by atoms with Crippen molar-refractivity contribution in [1.82, 2.24) is 4.31 Å². The second kappa shape index (κ2) is 7.96. The van der Waals surface area contributed by atoms with Crippen LogP contribution in [0.5, 0.6) is 0 Å². The van der Waals surface area contributed by atoms with Gasteiger partial charge in [0, 0.05) is 6.04 Å². The lowest BCUT2D eigenvalue weighted by molar-refractivity contribution is 0.129. The molecule has 0 bridgehead atoms. The van der Waals surface area contributed by atoms with Crippen LogP contribution in [0.2, 0.25) is 0 Å². The minimum atomic E-state index is -4.13.